The predicted molar refractivity (Wildman–Crippen MR) is 91.1 cm³/mol. The van der Waals surface area contributed by atoms with Crippen molar-refractivity contribution >= 4 is 27.8 Å². The van der Waals surface area contributed by atoms with E-state index >= 15 is 0 Å². The number of nitrogens with zero attached hydrogens (tertiary/aromatic N) is 2. The van der Waals surface area contributed by atoms with Crippen molar-refractivity contribution in [2.75, 3.05) is 12.3 Å². The zero-order valence-corrected chi connectivity index (χ0v) is 14.5. The van der Waals surface area contributed by atoms with Gasteiger partial charge in [0.15, 0.2) is 0 Å². The molecule has 1 aromatic carbocycles. The number of thiophene rings is 1. The number of carbonyl (C=O) groups excluding carboxylic acids is 1. The molecule has 1 aliphatic heterocycles. The Morgan fingerprint density at radius 3 is 2.67 bits per heavy atom. The first-order valence-electron chi connectivity index (χ1n) is 7.52. The Bertz CT molecular complexity index is 805. The number of rotatable bonds is 6. The smallest absolute Gasteiger partial charge is 0.233 e. The minimum absolute atomic E-state index is 0.241. The molecule has 2 heterocycles. The molecule has 0 saturated heterocycles. The third-order valence-corrected chi connectivity index (χ3v) is 6.97. The van der Waals surface area contributed by atoms with Crippen LogP contribution in [0.3, 0.4) is 0 Å². The van der Waals surface area contributed by atoms with E-state index in [0.29, 0.717) is 29.5 Å². The second-order valence-electron chi connectivity index (χ2n) is 5.65. The van der Waals surface area contributed by atoms with Gasteiger partial charge in [0.25, 0.3) is 0 Å². The van der Waals surface area contributed by atoms with Crippen LogP contribution in [0.4, 0.5) is 0 Å². The van der Waals surface area contributed by atoms with Gasteiger partial charge in [0.05, 0.1) is 5.75 Å². The minimum atomic E-state index is -3.63. The topological polar surface area (TPSA) is 77.9 Å². The number of fused-ring (bicyclic) bond motifs is 1. The fraction of sp³-hybridized carbons (Fsp3) is 0.312. The van der Waals surface area contributed by atoms with E-state index in [1.165, 1.54) is 15.6 Å². The minimum Gasteiger partial charge on any atom is -0.285 e. The fourth-order valence-electron chi connectivity index (χ4n) is 2.86. The van der Waals surface area contributed by atoms with Gasteiger partial charge in [0.2, 0.25) is 16.4 Å². The molecule has 1 atom stereocenters. The first-order chi connectivity index (χ1) is 11.5. The molecule has 0 radical (unpaired) electrons. The van der Waals surface area contributed by atoms with E-state index in [9.17, 15) is 18.4 Å². The van der Waals surface area contributed by atoms with Crippen molar-refractivity contribution < 1.29 is 18.4 Å². The summed E-state index contributed by atoms with van der Waals surface area (Å²) in [5, 5.41) is 12.0. The number of hydrogen-bond acceptors (Lipinski definition) is 5. The fourth-order valence-corrected chi connectivity index (χ4v) is 5.43. The summed E-state index contributed by atoms with van der Waals surface area (Å²) in [4.78, 5) is 11.6. The van der Waals surface area contributed by atoms with E-state index in [0.717, 1.165) is 11.1 Å². The van der Waals surface area contributed by atoms with Gasteiger partial charge in [-0.2, -0.15) is 4.31 Å². The van der Waals surface area contributed by atoms with Crippen molar-refractivity contribution in [3.05, 3.63) is 57.8 Å². The van der Waals surface area contributed by atoms with Crippen LogP contribution in [0.25, 0.3) is 0 Å². The Morgan fingerprint density at radius 1 is 1.25 bits per heavy atom. The number of carbonyl (C=O) groups is 1. The van der Waals surface area contributed by atoms with Gasteiger partial charge in [-0.05, 0) is 29.0 Å². The lowest BCUT2D eigenvalue weighted by molar-refractivity contribution is -0.158. The number of hydroxylamine groups is 2. The molecule has 0 aliphatic carbocycles. The molecule has 1 amide bonds. The molecule has 24 heavy (non-hydrogen) atoms. The molecule has 1 aliphatic rings. The first-order valence-corrected chi connectivity index (χ1v) is 10.0. The third kappa shape index (κ3) is 3.51. The highest BCUT2D eigenvalue weighted by Gasteiger charge is 2.32. The third-order valence-electron chi connectivity index (χ3n) is 4.16. The summed E-state index contributed by atoms with van der Waals surface area (Å²) >= 11 is 1.31. The Kier molecular flexibility index (Phi) is 5.00. The summed E-state index contributed by atoms with van der Waals surface area (Å²) in [5.74, 6) is -0.342. The zero-order valence-electron chi connectivity index (χ0n) is 12.9. The van der Waals surface area contributed by atoms with Crippen LogP contribution in [-0.2, 0) is 27.8 Å². The standard InChI is InChI=1S/C16H18N2O4S2/c19-12-18(20)15(16-6-3-9-23-16)11-24(21,22)17-8-7-13-4-1-2-5-14(13)10-17/h1-6,9,12,15,20H,7-8,10-11H2. The Balaban J connectivity index is 1.81. The van der Waals surface area contributed by atoms with Gasteiger partial charge in [-0.25, -0.2) is 13.5 Å². The Morgan fingerprint density at radius 2 is 2.00 bits per heavy atom. The number of hydrogen-bond donors (Lipinski definition) is 1. The Hall–Kier alpha value is -1.74. The highest BCUT2D eigenvalue weighted by molar-refractivity contribution is 7.89. The zero-order chi connectivity index (χ0) is 17.2. The number of benzene rings is 1. The summed E-state index contributed by atoms with van der Waals surface area (Å²) in [6.07, 6.45) is 0.904. The lowest BCUT2D eigenvalue weighted by Gasteiger charge is -2.30. The van der Waals surface area contributed by atoms with Gasteiger partial charge in [-0.15, -0.1) is 11.3 Å². The quantitative estimate of drug-likeness (QED) is 0.482. The average Bonchev–Trinajstić information content (AvgIpc) is 3.13. The van der Waals surface area contributed by atoms with Crippen molar-refractivity contribution in [3.63, 3.8) is 0 Å². The normalized spacial score (nSPS) is 16.4. The predicted octanol–water partition coefficient (Wildman–Crippen LogP) is 2.02. The van der Waals surface area contributed by atoms with E-state index in [1.54, 1.807) is 17.5 Å². The molecule has 2 aromatic rings. The van der Waals surface area contributed by atoms with Crippen molar-refractivity contribution in [1.82, 2.24) is 9.37 Å². The van der Waals surface area contributed by atoms with Gasteiger partial charge < -0.3 is 0 Å². The van der Waals surface area contributed by atoms with Crippen LogP contribution in [0.2, 0.25) is 0 Å². The van der Waals surface area contributed by atoms with E-state index in [1.807, 2.05) is 24.3 Å². The number of sulfonamides is 1. The van der Waals surface area contributed by atoms with Crippen LogP contribution in [0.1, 0.15) is 22.0 Å². The molecule has 0 fully saturated rings. The molecular weight excluding hydrogens is 348 g/mol. The van der Waals surface area contributed by atoms with Gasteiger partial charge in [-0.1, -0.05) is 30.3 Å². The SMILES string of the molecule is O=CN(O)C(CS(=O)(=O)N1CCc2ccccc2C1)c1cccs1. The summed E-state index contributed by atoms with van der Waals surface area (Å²) in [6.45, 7) is 0.727. The second-order valence-corrected chi connectivity index (χ2v) is 8.64. The summed E-state index contributed by atoms with van der Waals surface area (Å²) in [6, 6.07) is 10.4. The monoisotopic (exact) mass is 366 g/mol. The molecule has 0 bridgehead atoms. The van der Waals surface area contributed by atoms with Crippen molar-refractivity contribution in [3.8, 4) is 0 Å². The highest BCUT2D eigenvalue weighted by atomic mass is 32.2. The van der Waals surface area contributed by atoms with Gasteiger partial charge in [-0.3, -0.25) is 10.0 Å². The maximum atomic E-state index is 12.8. The van der Waals surface area contributed by atoms with Crippen molar-refractivity contribution in [1.29, 1.82) is 0 Å². The molecule has 8 heteroatoms. The lowest BCUT2D eigenvalue weighted by Crippen LogP contribution is -2.41. The van der Waals surface area contributed by atoms with Gasteiger partial charge in [0, 0.05) is 18.0 Å². The first kappa shape index (κ1) is 17.1. The molecule has 3 rings (SSSR count). The van der Waals surface area contributed by atoms with E-state index in [-0.39, 0.29) is 12.2 Å². The van der Waals surface area contributed by atoms with E-state index < -0.39 is 16.1 Å². The lowest BCUT2D eigenvalue weighted by atomic mass is 10.0. The highest BCUT2D eigenvalue weighted by Crippen LogP contribution is 2.28. The van der Waals surface area contributed by atoms with Gasteiger partial charge >= 0.3 is 0 Å². The molecule has 1 unspecified atom stereocenters. The van der Waals surface area contributed by atoms with Crippen molar-refractivity contribution in [2.45, 2.75) is 19.0 Å². The molecule has 0 spiro atoms. The molecule has 0 saturated carbocycles. The second kappa shape index (κ2) is 7.02. The van der Waals surface area contributed by atoms with E-state index in [2.05, 4.69) is 0 Å². The van der Waals surface area contributed by atoms with Crippen molar-refractivity contribution in [2.24, 2.45) is 0 Å². The average molecular weight is 366 g/mol. The molecular formula is C16H18N2O4S2. The summed E-state index contributed by atoms with van der Waals surface area (Å²) in [7, 11) is -3.63. The van der Waals surface area contributed by atoms with Crippen LogP contribution in [0, 0.1) is 0 Å². The molecule has 1 aromatic heterocycles. The Labute approximate surface area is 145 Å². The maximum absolute atomic E-state index is 12.8. The van der Waals surface area contributed by atoms with Crippen LogP contribution in [0.5, 0.6) is 0 Å². The molecule has 6 nitrogen and oxygen atoms in total. The van der Waals surface area contributed by atoms with Crippen LogP contribution >= 0.6 is 11.3 Å². The van der Waals surface area contributed by atoms with Crippen LogP contribution in [-0.4, -0.2) is 41.7 Å². The number of amides is 1. The summed E-state index contributed by atoms with van der Waals surface area (Å²) < 4.78 is 27.0. The summed E-state index contributed by atoms with van der Waals surface area (Å²) in [5.41, 5.74) is 2.16. The molecule has 128 valence electrons. The largest absolute Gasteiger partial charge is 0.285 e. The maximum Gasteiger partial charge on any atom is 0.233 e. The van der Waals surface area contributed by atoms with Crippen LogP contribution in [0.15, 0.2) is 41.8 Å². The van der Waals surface area contributed by atoms with Gasteiger partial charge in [0.1, 0.15) is 6.04 Å². The molecule has 1 N–H and O–H groups in total. The van der Waals surface area contributed by atoms with E-state index in [4.69, 9.17) is 0 Å². The van der Waals surface area contributed by atoms with Crippen LogP contribution < -0.4 is 0 Å².